The first-order chi connectivity index (χ1) is 8.29. The van der Waals surface area contributed by atoms with Gasteiger partial charge in [0.15, 0.2) is 5.78 Å². The Morgan fingerprint density at radius 2 is 1.94 bits per heavy atom. The van der Waals surface area contributed by atoms with Gasteiger partial charge in [-0.2, -0.15) is 13.2 Å². The van der Waals surface area contributed by atoms with Crippen LogP contribution in [0.5, 0.6) is 0 Å². The third-order valence-corrected chi connectivity index (χ3v) is 2.50. The molecule has 3 nitrogen and oxygen atoms in total. The molecular formula is C11H6ClF3N2O. The molecule has 0 aliphatic rings. The fraction of sp³-hybridized carbons (Fsp3) is 0.182. The van der Waals surface area contributed by atoms with Crippen molar-refractivity contribution in [3.05, 3.63) is 34.7 Å². The number of carbonyl (C=O) groups is 1. The number of carbonyl (C=O) groups excluding carboxylic acids is 1. The van der Waals surface area contributed by atoms with Gasteiger partial charge in [-0.3, -0.25) is 4.79 Å². The summed E-state index contributed by atoms with van der Waals surface area (Å²) in [5.41, 5.74) is -0.840. The first kappa shape index (κ1) is 12.8. The van der Waals surface area contributed by atoms with Gasteiger partial charge < -0.3 is 0 Å². The van der Waals surface area contributed by atoms with Crippen LogP contribution in [-0.4, -0.2) is 15.8 Å². The molecule has 0 bridgehead atoms. The molecule has 1 aromatic carbocycles. The molecule has 0 radical (unpaired) electrons. The van der Waals surface area contributed by atoms with Crippen LogP contribution in [0.3, 0.4) is 0 Å². The molecule has 2 aromatic rings. The van der Waals surface area contributed by atoms with Gasteiger partial charge in [0.05, 0.1) is 11.1 Å². The molecule has 2 rings (SSSR count). The highest BCUT2D eigenvalue weighted by Gasteiger charge is 2.31. The fourth-order valence-corrected chi connectivity index (χ4v) is 1.72. The molecule has 0 unspecified atom stereocenters. The van der Waals surface area contributed by atoms with Gasteiger partial charge in [-0.1, -0.05) is 0 Å². The van der Waals surface area contributed by atoms with E-state index >= 15 is 0 Å². The molecule has 0 saturated heterocycles. The van der Waals surface area contributed by atoms with E-state index in [9.17, 15) is 18.0 Å². The van der Waals surface area contributed by atoms with Crippen molar-refractivity contribution in [3.63, 3.8) is 0 Å². The Labute approximate surface area is 105 Å². The van der Waals surface area contributed by atoms with E-state index in [0.717, 1.165) is 12.1 Å². The van der Waals surface area contributed by atoms with E-state index in [1.54, 1.807) is 0 Å². The van der Waals surface area contributed by atoms with Crippen molar-refractivity contribution in [2.75, 3.05) is 0 Å². The van der Waals surface area contributed by atoms with Gasteiger partial charge in [0.2, 0.25) is 5.28 Å². The number of rotatable bonds is 1. The first-order valence-corrected chi connectivity index (χ1v) is 5.22. The lowest BCUT2D eigenvalue weighted by atomic mass is 10.1. The Morgan fingerprint density at radius 1 is 1.28 bits per heavy atom. The molecule has 0 aliphatic heterocycles. The van der Waals surface area contributed by atoms with Crippen LogP contribution in [0.1, 0.15) is 23.0 Å². The number of hydrogen-bond donors (Lipinski definition) is 0. The second kappa shape index (κ2) is 4.20. The third kappa shape index (κ3) is 2.28. The van der Waals surface area contributed by atoms with E-state index in [0.29, 0.717) is 0 Å². The normalized spacial score (nSPS) is 11.8. The Balaban J connectivity index is 2.76. The lowest BCUT2D eigenvalue weighted by molar-refractivity contribution is -0.137. The van der Waals surface area contributed by atoms with Crippen LogP contribution in [-0.2, 0) is 6.18 Å². The van der Waals surface area contributed by atoms with Crippen molar-refractivity contribution in [1.29, 1.82) is 0 Å². The van der Waals surface area contributed by atoms with Crippen molar-refractivity contribution >= 4 is 28.3 Å². The van der Waals surface area contributed by atoms with Crippen LogP contribution >= 0.6 is 11.6 Å². The smallest absolute Gasteiger partial charge is 0.293 e. The predicted octanol–water partition coefficient (Wildman–Crippen LogP) is 3.50. The maximum absolute atomic E-state index is 12.5. The number of hydrogen-bond acceptors (Lipinski definition) is 3. The zero-order valence-electron chi connectivity index (χ0n) is 9.05. The summed E-state index contributed by atoms with van der Waals surface area (Å²) in [4.78, 5) is 18.7. The van der Waals surface area contributed by atoms with Crippen molar-refractivity contribution in [2.24, 2.45) is 0 Å². The number of aromatic nitrogens is 2. The summed E-state index contributed by atoms with van der Waals surface area (Å²) < 4.78 is 37.6. The minimum Gasteiger partial charge on any atom is -0.293 e. The van der Waals surface area contributed by atoms with E-state index in [4.69, 9.17) is 11.6 Å². The summed E-state index contributed by atoms with van der Waals surface area (Å²) in [6.45, 7) is 1.26. The number of alkyl halides is 3. The maximum Gasteiger partial charge on any atom is 0.416 e. The minimum atomic E-state index is -4.47. The average molecular weight is 275 g/mol. The standard InChI is InChI=1S/C11H6ClF3N2O/c1-5(18)9-7-3-2-6(11(13,14)15)4-8(7)16-10(12)17-9/h2-4H,1H3. The summed E-state index contributed by atoms with van der Waals surface area (Å²) in [6, 6.07) is 2.90. The van der Waals surface area contributed by atoms with Crippen molar-refractivity contribution in [1.82, 2.24) is 9.97 Å². The van der Waals surface area contributed by atoms with Crippen molar-refractivity contribution in [3.8, 4) is 0 Å². The number of fused-ring (bicyclic) bond motifs is 1. The number of benzene rings is 1. The molecule has 1 aromatic heterocycles. The molecule has 0 N–H and O–H groups in total. The van der Waals surface area contributed by atoms with Gasteiger partial charge in [-0.05, 0) is 29.8 Å². The zero-order valence-corrected chi connectivity index (χ0v) is 9.80. The quantitative estimate of drug-likeness (QED) is 0.590. The zero-order chi connectivity index (χ0) is 13.5. The van der Waals surface area contributed by atoms with Crippen LogP contribution in [0.15, 0.2) is 18.2 Å². The molecule has 0 aliphatic carbocycles. The van der Waals surface area contributed by atoms with E-state index in [-0.39, 0.29) is 27.7 Å². The van der Waals surface area contributed by atoms with Crippen molar-refractivity contribution < 1.29 is 18.0 Å². The number of Topliss-reactive ketones (excluding diaryl/α,β-unsaturated/α-hetero) is 1. The van der Waals surface area contributed by atoms with Gasteiger partial charge in [0.1, 0.15) is 5.69 Å². The summed E-state index contributed by atoms with van der Waals surface area (Å²) >= 11 is 5.58. The van der Waals surface area contributed by atoms with Crippen LogP contribution in [0.25, 0.3) is 10.9 Å². The van der Waals surface area contributed by atoms with Crippen LogP contribution < -0.4 is 0 Å². The van der Waals surface area contributed by atoms with Crippen LogP contribution in [0.2, 0.25) is 5.28 Å². The number of nitrogens with zero attached hydrogens (tertiary/aromatic N) is 2. The van der Waals surface area contributed by atoms with Gasteiger partial charge >= 0.3 is 6.18 Å². The van der Waals surface area contributed by atoms with Gasteiger partial charge in [0, 0.05) is 12.3 Å². The highest BCUT2D eigenvalue weighted by atomic mass is 35.5. The molecule has 7 heteroatoms. The monoisotopic (exact) mass is 274 g/mol. The minimum absolute atomic E-state index is 0.00461. The highest BCUT2D eigenvalue weighted by Crippen LogP contribution is 2.31. The highest BCUT2D eigenvalue weighted by molar-refractivity contribution is 6.29. The average Bonchev–Trinajstić information content (AvgIpc) is 2.25. The summed E-state index contributed by atoms with van der Waals surface area (Å²) in [5.74, 6) is -0.385. The summed E-state index contributed by atoms with van der Waals surface area (Å²) in [7, 11) is 0. The number of ketones is 1. The largest absolute Gasteiger partial charge is 0.416 e. The molecule has 0 fully saturated rings. The Kier molecular flexibility index (Phi) is 2.98. The molecule has 94 valence electrons. The SMILES string of the molecule is CC(=O)c1nc(Cl)nc2cc(C(F)(F)F)ccc12. The summed E-state index contributed by atoms with van der Waals surface area (Å²) in [6.07, 6.45) is -4.47. The predicted molar refractivity (Wildman–Crippen MR) is 59.6 cm³/mol. The van der Waals surface area contributed by atoms with Crippen LogP contribution in [0.4, 0.5) is 13.2 Å². The lowest BCUT2D eigenvalue weighted by Gasteiger charge is -2.08. The Hall–Kier alpha value is -1.69. The van der Waals surface area contributed by atoms with Gasteiger partial charge in [-0.25, -0.2) is 9.97 Å². The topological polar surface area (TPSA) is 42.9 Å². The Bertz CT molecular complexity index is 640. The van der Waals surface area contributed by atoms with Crippen molar-refractivity contribution in [2.45, 2.75) is 13.1 Å². The molecule has 0 saturated carbocycles. The first-order valence-electron chi connectivity index (χ1n) is 4.84. The molecule has 0 amide bonds. The van der Waals surface area contributed by atoms with E-state index in [2.05, 4.69) is 9.97 Å². The fourth-order valence-electron chi connectivity index (χ4n) is 1.55. The molecule has 18 heavy (non-hydrogen) atoms. The van der Waals surface area contributed by atoms with E-state index in [1.165, 1.54) is 13.0 Å². The second-order valence-corrected chi connectivity index (χ2v) is 3.97. The second-order valence-electron chi connectivity index (χ2n) is 3.63. The molecular weight excluding hydrogens is 269 g/mol. The maximum atomic E-state index is 12.5. The summed E-state index contributed by atoms with van der Waals surface area (Å²) in [5, 5.41) is -0.00748. The van der Waals surface area contributed by atoms with Crippen LogP contribution in [0, 0.1) is 0 Å². The Morgan fingerprint density at radius 3 is 2.50 bits per heavy atom. The van der Waals surface area contributed by atoms with Gasteiger partial charge in [-0.15, -0.1) is 0 Å². The third-order valence-electron chi connectivity index (χ3n) is 2.33. The van der Waals surface area contributed by atoms with Gasteiger partial charge in [0.25, 0.3) is 0 Å². The molecule has 0 atom stereocenters. The lowest BCUT2D eigenvalue weighted by Crippen LogP contribution is -2.06. The van der Waals surface area contributed by atoms with E-state index in [1.807, 2.05) is 0 Å². The molecule has 1 heterocycles. The van der Waals surface area contributed by atoms with E-state index < -0.39 is 11.7 Å². The molecule has 0 spiro atoms. The number of halogens is 4.